The van der Waals surface area contributed by atoms with E-state index in [0.717, 1.165) is 23.4 Å². The van der Waals surface area contributed by atoms with Crippen LogP contribution in [0.25, 0.3) is 0 Å². The SMILES string of the molecule is CCN(CC)C(=O)C1CCCN(C(=O)c2cccc(CSc3c(Cl)cccc3Cl)n2)C1. The lowest BCUT2D eigenvalue weighted by Gasteiger charge is -2.34. The molecule has 0 saturated carbocycles. The molecule has 1 saturated heterocycles. The molecular weight excluding hydrogens is 453 g/mol. The number of thioether (sulfide) groups is 1. The van der Waals surface area contributed by atoms with Crippen LogP contribution in [0.2, 0.25) is 10.0 Å². The third-order valence-electron chi connectivity index (χ3n) is 5.44. The van der Waals surface area contributed by atoms with E-state index in [1.54, 1.807) is 23.1 Å². The van der Waals surface area contributed by atoms with Gasteiger partial charge in [0.15, 0.2) is 0 Å². The smallest absolute Gasteiger partial charge is 0.272 e. The molecule has 2 aromatic rings. The first-order valence-corrected chi connectivity index (χ1v) is 12.3. The molecule has 0 bridgehead atoms. The van der Waals surface area contributed by atoms with E-state index in [1.165, 1.54) is 11.8 Å². The molecule has 3 rings (SSSR count). The van der Waals surface area contributed by atoms with Gasteiger partial charge in [-0.3, -0.25) is 9.59 Å². The van der Waals surface area contributed by atoms with Crippen LogP contribution in [0.4, 0.5) is 0 Å². The average molecular weight is 480 g/mol. The topological polar surface area (TPSA) is 53.5 Å². The molecule has 1 aliphatic rings. The summed E-state index contributed by atoms with van der Waals surface area (Å²) in [6.45, 7) is 6.45. The lowest BCUT2D eigenvalue weighted by Crippen LogP contribution is -2.46. The number of aromatic nitrogens is 1. The Labute approximate surface area is 198 Å². The van der Waals surface area contributed by atoms with E-state index >= 15 is 0 Å². The van der Waals surface area contributed by atoms with Gasteiger partial charge in [0.25, 0.3) is 5.91 Å². The van der Waals surface area contributed by atoms with Crippen molar-refractivity contribution in [2.75, 3.05) is 26.2 Å². The maximum atomic E-state index is 13.1. The van der Waals surface area contributed by atoms with Crippen molar-refractivity contribution in [1.82, 2.24) is 14.8 Å². The number of hydrogen-bond donors (Lipinski definition) is 0. The van der Waals surface area contributed by atoms with E-state index in [9.17, 15) is 9.59 Å². The molecule has 166 valence electrons. The highest BCUT2D eigenvalue weighted by atomic mass is 35.5. The minimum Gasteiger partial charge on any atom is -0.343 e. The molecule has 1 aromatic heterocycles. The normalized spacial score (nSPS) is 16.3. The molecule has 0 radical (unpaired) electrons. The molecular formula is C23H27Cl2N3O2S. The summed E-state index contributed by atoms with van der Waals surface area (Å²) in [6, 6.07) is 10.9. The largest absolute Gasteiger partial charge is 0.343 e. The van der Waals surface area contributed by atoms with Crippen molar-refractivity contribution in [1.29, 1.82) is 0 Å². The van der Waals surface area contributed by atoms with Gasteiger partial charge in [0.05, 0.1) is 21.7 Å². The average Bonchev–Trinajstić information content (AvgIpc) is 2.79. The van der Waals surface area contributed by atoms with Gasteiger partial charge >= 0.3 is 0 Å². The number of amides is 2. The first-order valence-electron chi connectivity index (χ1n) is 10.5. The highest BCUT2D eigenvalue weighted by Gasteiger charge is 2.31. The minimum absolute atomic E-state index is 0.125. The zero-order valence-electron chi connectivity index (χ0n) is 17.8. The molecule has 0 aliphatic carbocycles. The van der Waals surface area contributed by atoms with Gasteiger partial charge in [-0.05, 0) is 51.0 Å². The van der Waals surface area contributed by atoms with Crippen LogP contribution in [0.1, 0.15) is 42.9 Å². The summed E-state index contributed by atoms with van der Waals surface area (Å²) >= 11 is 14.0. The van der Waals surface area contributed by atoms with Crippen molar-refractivity contribution in [3.8, 4) is 0 Å². The number of carbonyl (C=O) groups excluding carboxylic acids is 2. The first kappa shape index (κ1) is 23.9. The highest BCUT2D eigenvalue weighted by molar-refractivity contribution is 7.98. The zero-order chi connectivity index (χ0) is 22.4. The van der Waals surface area contributed by atoms with E-state index in [1.807, 2.05) is 36.9 Å². The van der Waals surface area contributed by atoms with Crippen LogP contribution in [-0.2, 0) is 10.5 Å². The fraction of sp³-hybridized carbons (Fsp3) is 0.435. The Balaban J connectivity index is 1.67. The van der Waals surface area contributed by atoms with Crippen LogP contribution in [-0.4, -0.2) is 52.8 Å². The van der Waals surface area contributed by atoms with Gasteiger partial charge in [0.1, 0.15) is 5.69 Å². The van der Waals surface area contributed by atoms with Crippen LogP contribution < -0.4 is 0 Å². The van der Waals surface area contributed by atoms with E-state index in [2.05, 4.69) is 4.98 Å². The maximum absolute atomic E-state index is 13.1. The van der Waals surface area contributed by atoms with E-state index in [4.69, 9.17) is 23.2 Å². The predicted molar refractivity (Wildman–Crippen MR) is 127 cm³/mol. The third kappa shape index (κ3) is 5.93. The van der Waals surface area contributed by atoms with Gasteiger partial charge in [-0.15, -0.1) is 11.8 Å². The fourth-order valence-corrected chi connectivity index (χ4v) is 5.35. The number of piperidine rings is 1. The molecule has 1 aromatic carbocycles. The van der Waals surface area contributed by atoms with Crippen LogP contribution in [0.15, 0.2) is 41.3 Å². The van der Waals surface area contributed by atoms with Crippen LogP contribution >= 0.6 is 35.0 Å². The number of halogens is 2. The zero-order valence-corrected chi connectivity index (χ0v) is 20.1. The summed E-state index contributed by atoms with van der Waals surface area (Å²) in [4.78, 5) is 34.8. The van der Waals surface area contributed by atoms with Gasteiger partial charge in [-0.1, -0.05) is 35.3 Å². The third-order valence-corrected chi connectivity index (χ3v) is 7.46. The highest BCUT2D eigenvalue weighted by Crippen LogP contribution is 2.35. The van der Waals surface area contributed by atoms with E-state index in [-0.39, 0.29) is 17.7 Å². The number of nitrogens with zero attached hydrogens (tertiary/aromatic N) is 3. The van der Waals surface area contributed by atoms with Crippen LogP contribution in [0.5, 0.6) is 0 Å². The molecule has 1 atom stereocenters. The number of hydrogen-bond acceptors (Lipinski definition) is 4. The Kier molecular flexibility index (Phi) is 8.64. The van der Waals surface area contributed by atoms with Crippen LogP contribution in [0.3, 0.4) is 0 Å². The number of likely N-dealkylation sites (tertiary alicyclic amines) is 1. The lowest BCUT2D eigenvalue weighted by molar-refractivity contribution is -0.136. The van der Waals surface area contributed by atoms with Crippen LogP contribution in [0, 0.1) is 5.92 Å². The first-order chi connectivity index (χ1) is 14.9. The van der Waals surface area contributed by atoms with Crippen molar-refractivity contribution in [3.63, 3.8) is 0 Å². The molecule has 5 nitrogen and oxygen atoms in total. The number of pyridine rings is 1. The number of rotatable bonds is 7. The molecule has 1 aliphatic heterocycles. The second kappa shape index (κ2) is 11.2. The molecule has 8 heteroatoms. The van der Waals surface area contributed by atoms with Crippen molar-refractivity contribution >= 4 is 46.8 Å². The molecule has 31 heavy (non-hydrogen) atoms. The molecule has 2 heterocycles. The maximum Gasteiger partial charge on any atom is 0.272 e. The summed E-state index contributed by atoms with van der Waals surface area (Å²) in [7, 11) is 0. The second-order valence-electron chi connectivity index (χ2n) is 7.45. The van der Waals surface area contributed by atoms with Crippen molar-refractivity contribution < 1.29 is 9.59 Å². The second-order valence-corrected chi connectivity index (χ2v) is 9.25. The Morgan fingerprint density at radius 2 is 1.81 bits per heavy atom. The monoisotopic (exact) mass is 479 g/mol. The molecule has 1 unspecified atom stereocenters. The quantitative estimate of drug-likeness (QED) is 0.498. The molecule has 0 spiro atoms. The van der Waals surface area contributed by atoms with Crippen molar-refractivity contribution in [2.45, 2.75) is 37.3 Å². The molecule has 1 fully saturated rings. The Bertz CT molecular complexity index is 917. The van der Waals surface area contributed by atoms with Crippen molar-refractivity contribution in [3.05, 3.63) is 57.8 Å². The van der Waals surface area contributed by atoms with Gasteiger partial charge in [0, 0.05) is 36.8 Å². The Hall–Kier alpha value is -1.76. The Morgan fingerprint density at radius 1 is 1.13 bits per heavy atom. The summed E-state index contributed by atoms with van der Waals surface area (Å²) < 4.78 is 0. The summed E-state index contributed by atoms with van der Waals surface area (Å²) in [5, 5.41) is 1.20. The Morgan fingerprint density at radius 3 is 2.48 bits per heavy atom. The van der Waals surface area contributed by atoms with Crippen molar-refractivity contribution in [2.24, 2.45) is 5.92 Å². The predicted octanol–water partition coefficient (Wildman–Crippen LogP) is 5.40. The van der Waals surface area contributed by atoms with E-state index < -0.39 is 0 Å². The summed E-state index contributed by atoms with van der Waals surface area (Å²) in [5.74, 6) is 0.420. The van der Waals surface area contributed by atoms with Gasteiger partial charge < -0.3 is 9.80 Å². The summed E-state index contributed by atoms with van der Waals surface area (Å²) in [6.07, 6.45) is 1.64. The van der Waals surface area contributed by atoms with Gasteiger partial charge in [0.2, 0.25) is 5.91 Å². The number of benzene rings is 1. The van der Waals surface area contributed by atoms with Gasteiger partial charge in [-0.25, -0.2) is 4.98 Å². The lowest BCUT2D eigenvalue weighted by atomic mass is 9.96. The van der Waals surface area contributed by atoms with Gasteiger partial charge in [-0.2, -0.15) is 0 Å². The standard InChI is InChI=1S/C23H27Cl2N3O2S/c1-3-27(4-2)22(29)16-8-7-13-28(14-16)23(30)20-12-5-9-17(26-20)15-31-21-18(24)10-6-11-19(21)25/h5-6,9-12,16H,3-4,7-8,13-15H2,1-2H3. The number of carbonyl (C=O) groups is 2. The fourth-order valence-electron chi connectivity index (χ4n) is 3.76. The molecule has 2 amide bonds. The summed E-state index contributed by atoms with van der Waals surface area (Å²) in [5.41, 5.74) is 1.18. The molecule has 0 N–H and O–H groups in total. The minimum atomic E-state index is -0.140. The van der Waals surface area contributed by atoms with E-state index in [0.29, 0.717) is 47.7 Å².